The molecule has 2 aliphatic carbocycles. The third kappa shape index (κ3) is 2.52. The van der Waals surface area contributed by atoms with Crippen LogP contribution in [0.4, 0.5) is 0 Å². The first-order chi connectivity index (χ1) is 13.4. The Morgan fingerprint density at radius 1 is 1.29 bits per heavy atom. The zero-order chi connectivity index (χ0) is 19.6. The van der Waals surface area contributed by atoms with E-state index in [4.69, 9.17) is 0 Å². The summed E-state index contributed by atoms with van der Waals surface area (Å²) in [6, 6.07) is 7.49. The Labute approximate surface area is 166 Å². The van der Waals surface area contributed by atoms with Gasteiger partial charge in [0.05, 0.1) is 11.5 Å². The van der Waals surface area contributed by atoms with Crippen molar-refractivity contribution in [3.63, 3.8) is 0 Å². The number of nitrogens with one attached hydrogen (secondary N) is 1. The summed E-state index contributed by atoms with van der Waals surface area (Å²) >= 11 is 0. The minimum absolute atomic E-state index is 0.148. The van der Waals surface area contributed by atoms with E-state index in [-0.39, 0.29) is 29.3 Å². The number of fused-ring (bicyclic) bond motifs is 1. The molecular formula is C24H29N3O. The van der Waals surface area contributed by atoms with Crippen molar-refractivity contribution in [1.29, 1.82) is 5.26 Å². The summed E-state index contributed by atoms with van der Waals surface area (Å²) in [7, 11) is 0. The minimum Gasteiger partial charge on any atom is -0.361 e. The second-order valence-corrected chi connectivity index (χ2v) is 9.73. The third-order valence-corrected chi connectivity index (χ3v) is 7.87. The molecule has 2 aromatic rings. The van der Waals surface area contributed by atoms with E-state index in [1.54, 1.807) is 0 Å². The lowest BCUT2D eigenvalue weighted by molar-refractivity contribution is -0.153. The van der Waals surface area contributed by atoms with E-state index in [1.807, 2.05) is 0 Å². The van der Waals surface area contributed by atoms with E-state index in [0.717, 1.165) is 37.6 Å². The van der Waals surface area contributed by atoms with Gasteiger partial charge in [-0.25, -0.2) is 0 Å². The average Bonchev–Trinajstić information content (AvgIpc) is 3.09. The number of nitrogens with zero attached hydrogens (tertiary/aromatic N) is 2. The number of carbonyl (C=O) groups is 1. The lowest BCUT2D eigenvalue weighted by Gasteiger charge is -2.59. The van der Waals surface area contributed by atoms with Crippen molar-refractivity contribution >= 4 is 16.8 Å². The highest BCUT2D eigenvalue weighted by Gasteiger charge is 2.55. The van der Waals surface area contributed by atoms with Gasteiger partial charge in [0.1, 0.15) is 0 Å². The number of amides is 1. The zero-order valence-electron chi connectivity index (χ0n) is 17.1. The molecule has 4 fully saturated rings. The number of aryl methyl sites for hydroxylation is 2. The Balaban J connectivity index is 1.38. The van der Waals surface area contributed by atoms with Crippen LogP contribution in [-0.4, -0.2) is 27.9 Å². The van der Waals surface area contributed by atoms with Crippen LogP contribution in [0.3, 0.4) is 0 Å². The fraction of sp³-hybridized carbons (Fsp3) is 0.583. The highest BCUT2D eigenvalue weighted by molar-refractivity contribution is 5.89. The monoisotopic (exact) mass is 375 g/mol. The molecule has 4 aliphatic rings. The summed E-state index contributed by atoms with van der Waals surface area (Å²) < 4.78 is 0. The summed E-state index contributed by atoms with van der Waals surface area (Å²) in [4.78, 5) is 18.9. The molecule has 1 amide bonds. The van der Waals surface area contributed by atoms with E-state index in [2.05, 4.69) is 55.1 Å². The van der Waals surface area contributed by atoms with Crippen molar-refractivity contribution in [2.75, 3.05) is 0 Å². The number of aromatic nitrogens is 1. The van der Waals surface area contributed by atoms with Crippen molar-refractivity contribution in [3.05, 3.63) is 35.0 Å². The van der Waals surface area contributed by atoms with Gasteiger partial charge in [-0.1, -0.05) is 13.0 Å². The first kappa shape index (κ1) is 17.8. The molecule has 4 heteroatoms. The molecule has 2 saturated carbocycles. The van der Waals surface area contributed by atoms with Crippen LogP contribution in [-0.2, 0) is 4.79 Å². The molecule has 4 nitrogen and oxygen atoms in total. The maximum Gasteiger partial charge on any atom is 0.223 e. The third-order valence-electron chi connectivity index (χ3n) is 7.87. The second-order valence-electron chi connectivity index (χ2n) is 9.73. The average molecular weight is 376 g/mol. The Hall–Kier alpha value is -2.28. The highest BCUT2D eigenvalue weighted by Crippen LogP contribution is 2.56. The zero-order valence-corrected chi connectivity index (χ0v) is 17.1. The van der Waals surface area contributed by atoms with E-state index in [9.17, 15) is 10.1 Å². The molecule has 3 heterocycles. The van der Waals surface area contributed by atoms with Gasteiger partial charge < -0.3 is 9.88 Å². The van der Waals surface area contributed by atoms with Gasteiger partial charge in [0.2, 0.25) is 5.91 Å². The van der Waals surface area contributed by atoms with Crippen molar-refractivity contribution in [3.8, 4) is 6.07 Å². The number of rotatable bonds is 3. The van der Waals surface area contributed by atoms with Gasteiger partial charge in [0, 0.05) is 35.6 Å². The SMILES string of the molecule is Cc1ccc2[nH]cc(C(C)CC(=O)N3C4CC5CC3CC(C#N)(C5)C4)c2c1C. The van der Waals surface area contributed by atoms with Crippen LogP contribution in [0.15, 0.2) is 18.3 Å². The predicted octanol–water partition coefficient (Wildman–Crippen LogP) is 4.96. The van der Waals surface area contributed by atoms with Gasteiger partial charge in [0.15, 0.2) is 0 Å². The van der Waals surface area contributed by atoms with Crippen LogP contribution in [0.5, 0.6) is 0 Å². The number of carbonyl (C=O) groups excluding carboxylic acids is 1. The number of benzene rings is 1. The Bertz CT molecular complexity index is 981. The molecule has 146 valence electrons. The Kier molecular flexibility index (Phi) is 3.88. The molecule has 1 aromatic carbocycles. The minimum atomic E-state index is -0.148. The molecule has 6 rings (SSSR count). The van der Waals surface area contributed by atoms with Crippen LogP contribution < -0.4 is 0 Å². The molecule has 1 N–H and O–H groups in total. The molecule has 28 heavy (non-hydrogen) atoms. The van der Waals surface area contributed by atoms with E-state index in [1.165, 1.54) is 22.1 Å². The topological polar surface area (TPSA) is 59.9 Å². The quantitative estimate of drug-likeness (QED) is 0.824. The first-order valence-corrected chi connectivity index (χ1v) is 10.7. The van der Waals surface area contributed by atoms with Gasteiger partial charge >= 0.3 is 0 Å². The van der Waals surface area contributed by atoms with Crippen LogP contribution in [0, 0.1) is 36.5 Å². The number of piperidine rings is 2. The largest absolute Gasteiger partial charge is 0.361 e. The summed E-state index contributed by atoms with van der Waals surface area (Å²) in [5.41, 5.74) is 4.86. The van der Waals surface area contributed by atoms with Gasteiger partial charge in [0.25, 0.3) is 0 Å². The second kappa shape index (κ2) is 6.11. The molecule has 3 unspecified atom stereocenters. The first-order valence-electron chi connectivity index (χ1n) is 10.7. The fourth-order valence-corrected chi connectivity index (χ4v) is 6.57. The molecule has 1 aromatic heterocycles. The number of nitriles is 1. The summed E-state index contributed by atoms with van der Waals surface area (Å²) in [6.07, 6.45) is 7.69. The number of aromatic amines is 1. The summed E-state index contributed by atoms with van der Waals surface area (Å²) in [6.45, 7) is 6.50. The summed E-state index contributed by atoms with van der Waals surface area (Å²) in [5, 5.41) is 11.0. The summed E-state index contributed by atoms with van der Waals surface area (Å²) in [5.74, 6) is 1.12. The van der Waals surface area contributed by atoms with Crippen molar-refractivity contribution < 1.29 is 4.79 Å². The number of H-pyrrole nitrogens is 1. The van der Waals surface area contributed by atoms with Crippen molar-refractivity contribution in [2.45, 2.75) is 77.3 Å². The molecule has 4 bridgehead atoms. The van der Waals surface area contributed by atoms with E-state index >= 15 is 0 Å². The number of hydrogen-bond acceptors (Lipinski definition) is 2. The fourth-order valence-electron chi connectivity index (χ4n) is 6.57. The Morgan fingerprint density at radius 2 is 2.00 bits per heavy atom. The lowest BCUT2D eigenvalue weighted by Crippen LogP contribution is -2.63. The van der Waals surface area contributed by atoms with Crippen LogP contribution >= 0.6 is 0 Å². The van der Waals surface area contributed by atoms with Gasteiger partial charge in [-0.3, -0.25) is 4.79 Å². The maximum absolute atomic E-state index is 13.4. The van der Waals surface area contributed by atoms with Gasteiger partial charge in [-0.15, -0.1) is 0 Å². The standard InChI is InChI=1S/C24H29N3O/c1-14-4-5-21-23(16(14)3)20(12-26-21)15(2)6-22(28)27-18-7-17-8-19(27)11-24(9-17,10-18)13-25/h4-5,12,15,17-19,26H,6-11H2,1-3H3. The van der Waals surface area contributed by atoms with Crippen LogP contribution in [0.25, 0.3) is 10.9 Å². The van der Waals surface area contributed by atoms with Crippen LogP contribution in [0.1, 0.15) is 68.1 Å². The van der Waals surface area contributed by atoms with Crippen molar-refractivity contribution in [1.82, 2.24) is 9.88 Å². The van der Waals surface area contributed by atoms with E-state index < -0.39 is 0 Å². The predicted molar refractivity (Wildman–Crippen MR) is 110 cm³/mol. The number of hydrogen-bond donors (Lipinski definition) is 1. The van der Waals surface area contributed by atoms with E-state index in [0.29, 0.717) is 12.3 Å². The molecular weight excluding hydrogens is 346 g/mol. The maximum atomic E-state index is 13.4. The molecule has 2 aliphatic heterocycles. The molecule has 2 saturated heterocycles. The normalized spacial score (nSPS) is 31.9. The molecule has 3 atom stereocenters. The van der Waals surface area contributed by atoms with Crippen LogP contribution in [0.2, 0.25) is 0 Å². The molecule has 0 radical (unpaired) electrons. The van der Waals surface area contributed by atoms with Gasteiger partial charge in [-0.05, 0) is 80.5 Å². The Morgan fingerprint density at radius 3 is 2.68 bits per heavy atom. The smallest absolute Gasteiger partial charge is 0.223 e. The lowest BCUT2D eigenvalue weighted by atomic mass is 9.56. The molecule has 0 spiro atoms. The highest BCUT2D eigenvalue weighted by atomic mass is 16.2. The van der Waals surface area contributed by atoms with Gasteiger partial charge in [-0.2, -0.15) is 5.26 Å². The van der Waals surface area contributed by atoms with Crippen molar-refractivity contribution in [2.24, 2.45) is 11.3 Å².